The summed E-state index contributed by atoms with van der Waals surface area (Å²) in [5, 5.41) is 2.53. The summed E-state index contributed by atoms with van der Waals surface area (Å²) in [7, 11) is 0. The normalized spacial score (nSPS) is 13.4. The van der Waals surface area contributed by atoms with Gasteiger partial charge in [-0.05, 0) is 94.8 Å². The molecule has 7 aromatic carbocycles. The Morgan fingerprint density at radius 1 is 0.404 bits per heavy atom. The van der Waals surface area contributed by atoms with Crippen LogP contribution in [-0.2, 0) is 0 Å². The van der Waals surface area contributed by atoms with E-state index >= 15 is 0 Å². The molecule has 0 N–H and O–H groups in total. The van der Waals surface area contributed by atoms with Gasteiger partial charge >= 0.3 is 0 Å². The van der Waals surface area contributed by atoms with Gasteiger partial charge in [-0.3, -0.25) is 0 Å². The summed E-state index contributed by atoms with van der Waals surface area (Å²) in [6.45, 7) is 0.0339. The molecule has 1 aromatic heterocycles. The zero-order chi connectivity index (χ0) is 30.6. The Morgan fingerprint density at radius 2 is 1.00 bits per heavy atom. The molecule has 47 heavy (non-hydrogen) atoms. The average molecular weight is 600 g/mol. The van der Waals surface area contributed by atoms with E-state index in [2.05, 4.69) is 155 Å². The van der Waals surface area contributed by atoms with Crippen LogP contribution in [0.1, 0.15) is 0 Å². The Morgan fingerprint density at radius 3 is 1.72 bits per heavy atom. The fourth-order valence-electron chi connectivity index (χ4n) is 8.09. The Kier molecular flexibility index (Phi) is 4.89. The maximum atomic E-state index is 6.76. The third-order valence-corrected chi connectivity index (χ3v) is 10.0. The summed E-state index contributed by atoms with van der Waals surface area (Å²) in [5.74, 6) is 3.52. The zero-order valence-electron chi connectivity index (χ0n) is 25.2. The number of hydrogen-bond donors (Lipinski definition) is 0. The molecule has 11 rings (SSSR count). The number of benzene rings is 7. The minimum atomic E-state index is 0.0339. The quantitative estimate of drug-likeness (QED) is 0.190. The van der Waals surface area contributed by atoms with Crippen molar-refractivity contribution in [2.75, 3.05) is 4.90 Å². The van der Waals surface area contributed by atoms with E-state index < -0.39 is 0 Å². The van der Waals surface area contributed by atoms with E-state index in [4.69, 9.17) is 9.47 Å². The van der Waals surface area contributed by atoms with Gasteiger partial charge in [-0.15, -0.1) is 0 Å². The van der Waals surface area contributed by atoms with Gasteiger partial charge in [0.15, 0.2) is 0 Å². The summed E-state index contributed by atoms with van der Waals surface area (Å²) in [4.78, 5) is 2.37. The summed E-state index contributed by atoms with van der Waals surface area (Å²) in [6, 6.07) is 53.9. The molecule has 0 saturated carbocycles. The molecule has 0 spiro atoms. The smallest absolute Gasteiger partial charge is 0.266 e. The molecular weight excluding hydrogens is 575 g/mol. The lowest BCUT2D eigenvalue weighted by molar-refractivity contribution is 0.464. The number of para-hydroxylation sites is 3. The van der Waals surface area contributed by atoms with Crippen molar-refractivity contribution >= 4 is 62.0 Å². The molecule has 0 amide bonds. The number of ether oxygens (including phenoxy) is 2. The number of anilines is 3. The second-order valence-corrected chi connectivity index (χ2v) is 12.5. The van der Waals surface area contributed by atoms with Crippen LogP contribution in [0.5, 0.6) is 23.0 Å². The van der Waals surface area contributed by atoms with Crippen molar-refractivity contribution in [3.05, 3.63) is 152 Å². The maximum Gasteiger partial charge on any atom is 0.266 e. The van der Waals surface area contributed by atoms with Crippen LogP contribution in [0.25, 0.3) is 38.6 Å². The highest BCUT2D eigenvalue weighted by atomic mass is 16.5. The molecule has 218 valence electrons. The third kappa shape index (κ3) is 3.38. The number of aromatic nitrogens is 1. The molecule has 3 aliphatic rings. The van der Waals surface area contributed by atoms with Crippen LogP contribution in [0.4, 0.5) is 17.1 Å². The highest BCUT2D eigenvalue weighted by molar-refractivity contribution is 7.00. The van der Waals surface area contributed by atoms with Crippen molar-refractivity contribution in [2.45, 2.75) is 0 Å². The molecule has 0 fully saturated rings. The van der Waals surface area contributed by atoms with Gasteiger partial charge in [-0.2, -0.15) is 0 Å². The van der Waals surface area contributed by atoms with E-state index in [-0.39, 0.29) is 6.71 Å². The summed E-state index contributed by atoms with van der Waals surface area (Å²) < 4.78 is 15.6. The fraction of sp³-hybridized carbons (Fsp3) is 0. The predicted molar refractivity (Wildman–Crippen MR) is 192 cm³/mol. The predicted octanol–water partition coefficient (Wildman–Crippen LogP) is 8.96. The van der Waals surface area contributed by atoms with E-state index in [1.165, 1.54) is 32.7 Å². The number of hydrogen-bond acceptors (Lipinski definition) is 3. The molecule has 8 aromatic rings. The first-order valence-corrected chi connectivity index (χ1v) is 16.1. The molecule has 0 radical (unpaired) electrons. The summed E-state index contributed by atoms with van der Waals surface area (Å²) in [6.07, 6.45) is 0. The lowest BCUT2D eigenvalue weighted by Crippen LogP contribution is -2.61. The van der Waals surface area contributed by atoms with Crippen LogP contribution in [0, 0.1) is 0 Å². The van der Waals surface area contributed by atoms with Gasteiger partial charge in [0, 0.05) is 39.0 Å². The molecule has 0 unspecified atom stereocenters. The molecule has 4 heterocycles. The molecule has 0 saturated heterocycles. The summed E-state index contributed by atoms with van der Waals surface area (Å²) >= 11 is 0. The first-order chi connectivity index (χ1) is 23.3. The van der Waals surface area contributed by atoms with Gasteiger partial charge in [-0.1, -0.05) is 78.9 Å². The first-order valence-electron chi connectivity index (χ1n) is 16.1. The van der Waals surface area contributed by atoms with Crippen LogP contribution in [-0.4, -0.2) is 11.3 Å². The number of fused-ring (bicyclic) bond motifs is 3. The highest BCUT2D eigenvalue weighted by Crippen LogP contribution is 2.46. The second-order valence-electron chi connectivity index (χ2n) is 12.5. The summed E-state index contributed by atoms with van der Waals surface area (Å²) in [5.41, 5.74) is 12.7. The molecule has 0 aliphatic carbocycles. The van der Waals surface area contributed by atoms with Gasteiger partial charge in [0.1, 0.15) is 23.0 Å². The SMILES string of the molecule is c1ccc(N2c3cccc4c3B3c5c(cccc5Oc5cc(-c6ccc(-n7c8ccccc8c8ccccc87)cc6)cc2c53)O4)cc1. The largest absolute Gasteiger partial charge is 0.458 e. The van der Waals surface area contributed by atoms with Crippen LogP contribution >= 0.6 is 0 Å². The van der Waals surface area contributed by atoms with Gasteiger partial charge in [0.25, 0.3) is 6.71 Å². The zero-order valence-corrected chi connectivity index (χ0v) is 25.2. The standard InChI is InChI=1S/C42H25BN2O2/c1-2-10-28(11-3-1)45-34-16-8-17-36-40(34)43-41-35(45)24-27(25-39(41)47-38-19-9-18-37(46-36)42(38)43)26-20-22-29(23-21-26)44-32-14-6-4-12-30(32)31-13-5-7-15-33(31)44/h1-25H. The molecule has 5 heteroatoms. The molecule has 0 atom stereocenters. The van der Waals surface area contributed by atoms with E-state index in [0.717, 1.165) is 62.3 Å². The van der Waals surface area contributed by atoms with Gasteiger partial charge in [-0.25, -0.2) is 0 Å². The molecule has 4 nitrogen and oxygen atoms in total. The van der Waals surface area contributed by atoms with E-state index in [0.29, 0.717) is 0 Å². The topological polar surface area (TPSA) is 26.6 Å². The second kappa shape index (κ2) is 9.18. The fourth-order valence-corrected chi connectivity index (χ4v) is 8.09. The Labute approximate surface area is 271 Å². The van der Waals surface area contributed by atoms with Crippen LogP contribution < -0.4 is 30.8 Å². The van der Waals surface area contributed by atoms with Crippen molar-refractivity contribution in [1.29, 1.82) is 0 Å². The van der Waals surface area contributed by atoms with Crippen molar-refractivity contribution in [3.8, 4) is 39.8 Å². The average Bonchev–Trinajstić information content (AvgIpc) is 3.46. The number of nitrogens with zero attached hydrogens (tertiary/aromatic N) is 2. The van der Waals surface area contributed by atoms with Gasteiger partial charge in [0.2, 0.25) is 0 Å². The van der Waals surface area contributed by atoms with Crippen LogP contribution in [0.15, 0.2) is 152 Å². The first kappa shape index (κ1) is 25.0. The van der Waals surface area contributed by atoms with Crippen LogP contribution in [0.2, 0.25) is 0 Å². The highest BCUT2D eigenvalue weighted by Gasteiger charge is 2.47. The molecular formula is C42H25BN2O2. The van der Waals surface area contributed by atoms with Gasteiger partial charge in [0.05, 0.1) is 11.0 Å². The van der Waals surface area contributed by atoms with Crippen molar-refractivity contribution in [1.82, 2.24) is 4.57 Å². The number of rotatable bonds is 3. The lowest BCUT2D eigenvalue weighted by Gasteiger charge is -2.43. The van der Waals surface area contributed by atoms with Crippen LogP contribution in [0.3, 0.4) is 0 Å². The van der Waals surface area contributed by atoms with E-state index in [9.17, 15) is 0 Å². The molecule has 3 aliphatic heterocycles. The maximum absolute atomic E-state index is 6.76. The van der Waals surface area contributed by atoms with Crippen molar-refractivity contribution in [2.24, 2.45) is 0 Å². The lowest BCUT2D eigenvalue weighted by atomic mass is 9.33. The van der Waals surface area contributed by atoms with Gasteiger partial charge < -0.3 is 18.9 Å². The Bertz CT molecular complexity index is 2540. The third-order valence-electron chi connectivity index (χ3n) is 10.0. The Hall–Kier alpha value is -6.20. The van der Waals surface area contributed by atoms with E-state index in [1.807, 2.05) is 6.07 Å². The van der Waals surface area contributed by atoms with Crippen molar-refractivity contribution in [3.63, 3.8) is 0 Å². The van der Waals surface area contributed by atoms with E-state index in [1.54, 1.807) is 0 Å². The molecule has 0 bridgehead atoms. The van der Waals surface area contributed by atoms with Crippen molar-refractivity contribution < 1.29 is 9.47 Å². The Balaban J connectivity index is 1.12. The minimum Gasteiger partial charge on any atom is -0.458 e. The minimum absolute atomic E-state index is 0.0339. The monoisotopic (exact) mass is 600 g/mol.